The van der Waals surface area contributed by atoms with Crippen molar-refractivity contribution in [1.29, 1.82) is 0 Å². The first-order chi connectivity index (χ1) is 3.83. The second kappa shape index (κ2) is 76.2. The van der Waals surface area contributed by atoms with Crippen molar-refractivity contribution in [1.82, 2.24) is 0 Å². The van der Waals surface area contributed by atoms with Crippen LogP contribution in [-0.4, -0.2) is 22.5 Å². The topological polar surface area (TPSA) is 64.8 Å². The Bertz CT molecular complexity index is 76.5. The number of hydrogen-bond donors (Lipinski definition) is 1. The number of nitrogens with zero attached hydrogens (tertiary/aromatic N) is 2. The summed E-state index contributed by atoms with van der Waals surface area (Å²) in [7, 11) is 1.00. The summed E-state index contributed by atoms with van der Waals surface area (Å²) in [5, 5.41) is 23.9. The molecular formula is C3H4N2Na2OS2. The van der Waals surface area contributed by atoms with Gasteiger partial charge in [-0.2, -0.15) is 10.3 Å². The van der Waals surface area contributed by atoms with E-state index in [1.807, 2.05) is 0 Å². The molecule has 0 aliphatic carbocycles. The molecule has 0 saturated heterocycles. The molecular weight excluding hydrogens is 190 g/mol. The fraction of sp³-hybridized carbons (Fsp3) is 0.333. The van der Waals surface area contributed by atoms with Gasteiger partial charge in [-0.05, 0) is 0 Å². The van der Waals surface area contributed by atoms with Gasteiger partial charge in [-0.25, -0.2) is 0 Å². The third-order valence-corrected chi connectivity index (χ3v) is 0. The summed E-state index contributed by atoms with van der Waals surface area (Å²) < 4.78 is 0. The third kappa shape index (κ3) is 288. The Hall–Kier alpha value is 1.56. The normalized spacial score (nSPS) is 2.20. The van der Waals surface area contributed by atoms with Crippen LogP contribution in [0.25, 0.3) is 10.8 Å². The van der Waals surface area contributed by atoms with Crippen LogP contribution in [0.4, 0.5) is 0 Å². The van der Waals surface area contributed by atoms with Gasteiger partial charge in [-0.3, -0.25) is 0 Å². The predicted octanol–water partition coefficient (Wildman–Crippen LogP) is -5.07. The van der Waals surface area contributed by atoms with E-state index in [0.29, 0.717) is 0 Å². The van der Waals surface area contributed by atoms with E-state index in [1.165, 1.54) is 10.3 Å². The first-order valence-electron chi connectivity index (χ1n) is 1.30. The van der Waals surface area contributed by atoms with Gasteiger partial charge in [0.2, 0.25) is 0 Å². The summed E-state index contributed by atoms with van der Waals surface area (Å²) in [5.41, 5.74) is 0. The van der Waals surface area contributed by atoms with Crippen LogP contribution in [0.3, 0.4) is 0 Å². The van der Waals surface area contributed by atoms with E-state index in [1.54, 1.807) is 0 Å². The minimum Gasteiger partial charge on any atom is -0.753 e. The summed E-state index contributed by atoms with van der Waals surface area (Å²) in [4.78, 5) is 0. The molecule has 0 fully saturated rings. The number of hydrogen-bond acceptors (Lipinski definition) is 3. The number of aliphatic hydroxyl groups is 1. The van der Waals surface area contributed by atoms with Gasteiger partial charge >= 0.3 is 59.1 Å². The summed E-state index contributed by atoms with van der Waals surface area (Å²) in [6.45, 7) is 0. The van der Waals surface area contributed by atoms with Gasteiger partial charge in [0.25, 0.3) is 0 Å². The van der Waals surface area contributed by atoms with E-state index in [2.05, 4.69) is 24.4 Å². The minimum atomic E-state index is 0. The molecule has 1 N–H and O–H groups in total. The summed E-state index contributed by atoms with van der Waals surface area (Å²) in [5.74, 6) is 0. The molecule has 0 aliphatic heterocycles. The minimum absolute atomic E-state index is 0. The Morgan fingerprint density at radius 1 is 1.00 bits per heavy atom. The molecule has 0 heterocycles. The Labute approximate surface area is 115 Å². The van der Waals surface area contributed by atoms with Crippen LogP contribution in [0.15, 0.2) is 0 Å². The second-order valence-electron chi connectivity index (χ2n) is 0.183. The van der Waals surface area contributed by atoms with E-state index in [0.717, 1.165) is 7.11 Å². The van der Waals surface area contributed by atoms with Gasteiger partial charge in [-0.15, -0.1) is 0 Å². The zero-order valence-electron chi connectivity index (χ0n) is 6.16. The monoisotopic (exact) mass is 194 g/mol. The molecule has 7 heteroatoms. The molecule has 0 aromatic rings. The van der Waals surface area contributed by atoms with Crippen molar-refractivity contribution in [3.63, 3.8) is 0 Å². The maximum absolute atomic E-state index is 7.13. The molecule has 0 aromatic heterocycles. The van der Waals surface area contributed by atoms with E-state index >= 15 is 0 Å². The first-order valence-corrected chi connectivity index (χ1v) is 2.12. The summed E-state index contributed by atoms with van der Waals surface area (Å²) >= 11 is 7.40. The average Bonchev–Trinajstić information content (AvgIpc) is 1.75. The van der Waals surface area contributed by atoms with Crippen molar-refractivity contribution in [2.24, 2.45) is 0 Å². The van der Waals surface area contributed by atoms with Crippen LogP contribution in [0.2, 0.25) is 0 Å². The molecule has 0 saturated carbocycles. The molecule has 0 amide bonds. The first kappa shape index (κ1) is 30.0. The molecule has 0 rings (SSSR count). The van der Waals surface area contributed by atoms with Gasteiger partial charge in [-0.1, -0.05) is 24.4 Å². The fourth-order valence-electron chi connectivity index (χ4n) is 0. The molecule has 0 aromatic carbocycles. The van der Waals surface area contributed by atoms with Crippen LogP contribution < -0.4 is 59.1 Å². The van der Waals surface area contributed by atoms with Crippen LogP contribution >= 0.6 is 24.4 Å². The number of aliphatic hydroxyl groups excluding tert-OH is 1. The predicted molar refractivity (Wildman–Crippen MR) is 40.1 cm³/mol. The van der Waals surface area contributed by atoms with Crippen molar-refractivity contribution in [2.45, 2.75) is 0 Å². The van der Waals surface area contributed by atoms with Crippen molar-refractivity contribution in [2.75, 3.05) is 7.11 Å². The van der Waals surface area contributed by atoms with E-state index in [4.69, 9.17) is 15.9 Å². The molecule has 3 nitrogen and oxygen atoms in total. The van der Waals surface area contributed by atoms with Crippen LogP contribution in [-0.2, 0) is 0 Å². The fourth-order valence-corrected chi connectivity index (χ4v) is 0. The van der Waals surface area contributed by atoms with Crippen molar-refractivity contribution >= 4 is 34.8 Å². The second-order valence-corrected chi connectivity index (χ2v) is 0.548. The molecule has 0 spiro atoms. The number of rotatable bonds is 0. The average molecular weight is 194 g/mol. The van der Waals surface area contributed by atoms with E-state index in [9.17, 15) is 0 Å². The number of isothiocyanates is 2. The Morgan fingerprint density at radius 2 is 1.00 bits per heavy atom. The standard InChI is InChI=1S/2CNS.CH4O.2Na/c2*2-1-3;1-2;;/h;;2H,1H3;;/q2*-1;;2*+1. The molecule has 0 radical (unpaired) electrons. The molecule has 0 aliphatic rings. The van der Waals surface area contributed by atoms with Gasteiger partial charge in [0.15, 0.2) is 0 Å². The zero-order chi connectivity index (χ0) is 7.41. The molecule has 10 heavy (non-hydrogen) atoms. The summed E-state index contributed by atoms with van der Waals surface area (Å²) in [6, 6.07) is 0. The smallest absolute Gasteiger partial charge is 0.753 e. The SMILES string of the molecule is CO.[N-]=C=S.[N-]=C=S.[Na+].[Na+]. The van der Waals surface area contributed by atoms with Gasteiger partial charge in [0.1, 0.15) is 0 Å². The van der Waals surface area contributed by atoms with Gasteiger partial charge in [0.05, 0.1) is 0 Å². The van der Waals surface area contributed by atoms with Crippen molar-refractivity contribution in [3.05, 3.63) is 10.8 Å². The molecule has 0 unspecified atom stereocenters. The largest absolute Gasteiger partial charge is 1.00 e. The quantitative estimate of drug-likeness (QED) is 0.238. The summed E-state index contributed by atoms with van der Waals surface area (Å²) in [6.07, 6.45) is 0. The Kier molecular flexibility index (Phi) is 228. The maximum atomic E-state index is 7.13. The van der Waals surface area contributed by atoms with Gasteiger partial charge < -0.3 is 15.9 Å². The van der Waals surface area contributed by atoms with Gasteiger partial charge in [0, 0.05) is 7.11 Å². The zero-order valence-corrected chi connectivity index (χ0v) is 11.8. The van der Waals surface area contributed by atoms with E-state index < -0.39 is 0 Å². The Balaban J connectivity index is -0.0000000116. The third-order valence-electron chi connectivity index (χ3n) is 0. The van der Waals surface area contributed by atoms with E-state index in [-0.39, 0.29) is 59.1 Å². The van der Waals surface area contributed by atoms with Crippen LogP contribution in [0.1, 0.15) is 0 Å². The molecule has 46 valence electrons. The van der Waals surface area contributed by atoms with Crippen molar-refractivity contribution < 1.29 is 64.2 Å². The van der Waals surface area contributed by atoms with Crippen molar-refractivity contribution in [3.8, 4) is 0 Å². The van der Waals surface area contributed by atoms with Crippen LogP contribution in [0, 0.1) is 0 Å². The molecule has 0 atom stereocenters. The maximum Gasteiger partial charge on any atom is 1.00 e. The Morgan fingerprint density at radius 3 is 1.00 bits per heavy atom. The molecule has 0 bridgehead atoms. The van der Waals surface area contributed by atoms with Crippen LogP contribution in [0.5, 0.6) is 0 Å². The number of thiocarbonyl (C=S) groups is 2.